The molecule has 0 radical (unpaired) electrons. The van der Waals surface area contributed by atoms with Gasteiger partial charge in [0, 0.05) is 14.7 Å². The molecule has 0 spiro atoms. The number of aromatic nitrogens is 2. The fraction of sp³-hybridized carbons (Fsp3) is 0.600. The van der Waals surface area contributed by atoms with Crippen LogP contribution in [-0.4, -0.2) is 31.2 Å². The number of hydrogen-bond donors (Lipinski definition) is 1. The molecular formula is C10H17IN2O2Si. The van der Waals surface area contributed by atoms with Crippen LogP contribution in [0.15, 0.2) is 0 Å². The fourth-order valence-electron chi connectivity index (χ4n) is 1.14. The van der Waals surface area contributed by atoms with Gasteiger partial charge in [0.15, 0.2) is 6.29 Å². The summed E-state index contributed by atoms with van der Waals surface area (Å²) in [6.07, 6.45) is 0.822. The van der Waals surface area contributed by atoms with E-state index in [4.69, 9.17) is 4.74 Å². The van der Waals surface area contributed by atoms with Crippen molar-refractivity contribution in [1.29, 1.82) is 0 Å². The highest BCUT2D eigenvalue weighted by atomic mass is 127. The molecule has 1 heterocycles. The number of hydrogen-bond acceptors (Lipinski definition) is 3. The first-order valence-electron chi connectivity index (χ1n) is 5.20. The van der Waals surface area contributed by atoms with Gasteiger partial charge in [-0.05, 0) is 28.6 Å². The Hall–Kier alpha value is -0.213. The first-order valence-corrected chi connectivity index (χ1v) is 9.98. The number of carbonyl (C=O) groups is 1. The zero-order chi connectivity index (χ0) is 12.2. The van der Waals surface area contributed by atoms with E-state index in [1.54, 1.807) is 0 Å². The Morgan fingerprint density at radius 2 is 2.19 bits per heavy atom. The minimum absolute atomic E-state index is 0.439. The van der Waals surface area contributed by atoms with E-state index >= 15 is 0 Å². The quantitative estimate of drug-likeness (QED) is 0.371. The van der Waals surface area contributed by atoms with Crippen LogP contribution >= 0.6 is 22.6 Å². The molecule has 0 fully saturated rings. The highest BCUT2D eigenvalue weighted by Crippen LogP contribution is 2.13. The Bertz CT molecular complexity index is 360. The van der Waals surface area contributed by atoms with Gasteiger partial charge in [-0.15, -0.1) is 0 Å². The highest BCUT2D eigenvalue weighted by molar-refractivity contribution is 14.1. The van der Waals surface area contributed by atoms with E-state index in [1.165, 1.54) is 0 Å². The lowest BCUT2D eigenvalue weighted by Crippen LogP contribution is -2.21. The summed E-state index contributed by atoms with van der Waals surface area (Å²) in [5.74, 6) is 0. The zero-order valence-corrected chi connectivity index (χ0v) is 13.0. The van der Waals surface area contributed by atoms with Gasteiger partial charge >= 0.3 is 0 Å². The molecule has 90 valence electrons. The Labute approximate surface area is 110 Å². The van der Waals surface area contributed by atoms with Gasteiger partial charge in [-0.25, -0.2) is 0 Å². The summed E-state index contributed by atoms with van der Waals surface area (Å²) in [5, 5.41) is 6.79. The summed E-state index contributed by atoms with van der Waals surface area (Å²) >= 11 is 2.03. The van der Waals surface area contributed by atoms with E-state index in [0.29, 0.717) is 15.9 Å². The molecule has 0 amide bonds. The second-order valence-electron chi connectivity index (χ2n) is 4.89. The van der Waals surface area contributed by atoms with E-state index in [9.17, 15) is 4.79 Å². The molecule has 0 aliphatic carbocycles. The third-order valence-corrected chi connectivity index (χ3v) is 4.72. The number of aromatic amines is 1. The molecule has 0 bridgehead atoms. The second kappa shape index (κ2) is 5.92. The molecule has 4 nitrogen and oxygen atoms in total. The fourth-order valence-corrected chi connectivity index (χ4v) is 2.47. The lowest BCUT2D eigenvalue weighted by molar-refractivity contribution is 0.110. The third-order valence-electron chi connectivity index (χ3n) is 2.20. The zero-order valence-electron chi connectivity index (χ0n) is 9.84. The molecule has 1 aromatic rings. The van der Waals surface area contributed by atoms with E-state index in [0.717, 1.165) is 24.6 Å². The van der Waals surface area contributed by atoms with Gasteiger partial charge in [-0.3, -0.25) is 9.89 Å². The van der Waals surface area contributed by atoms with Crippen LogP contribution in [0.2, 0.25) is 25.7 Å². The monoisotopic (exact) mass is 352 g/mol. The van der Waals surface area contributed by atoms with Gasteiger partial charge < -0.3 is 4.74 Å². The number of aldehydes is 1. The Balaban J connectivity index is 2.40. The lowest BCUT2D eigenvalue weighted by Gasteiger charge is -2.15. The average Bonchev–Trinajstić information content (AvgIpc) is 2.52. The standard InChI is InChI=1S/C10H17IN2O2Si/c1-16(2,3)5-4-15-7-9-8(6-14)10(11)13-12-9/h6H,4-5,7H2,1-3H3,(H,12,13). The van der Waals surface area contributed by atoms with Crippen molar-refractivity contribution in [2.45, 2.75) is 32.3 Å². The third kappa shape index (κ3) is 4.34. The van der Waals surface area contributed by atoms with Crippen LogP contribution in [0, 0.1) is 3.70 Å². The molecule has 0 saturated heterocycles. The summed E-state index contributed by atoms with van der Waals surface area (Å²) < 4.78 is 6.26. The maximum Gasteiger partial charge on any atom is 0.154 e. The van der Waals surface area contributed by atoms with Crippen molar-refractivity contribution in [3.05, 3.63) is 15.0 Å². The molecule has 1 N–H and O–H groups in total. The van der Waals surface area contributed by atoms with Crippen LogP contribution in [0.5, 0.6) is 0 Å². The van der Waals surface area contributed by atoms with Crippen LogP contribution in [0.3, 0.4) is 0 Å². The van der Waals surface area contributed by atoms with Gasteiger partial charge in [0.1, 0.15) is 3.70 Å². The summed E-state index contributed by atoms with van der Waals surface area (Å²) in [6, 6.07) is 1.13. The van der Waals surface area contributed by atoms with Crippen LogP contribution in [0.4, 0.5) is 0 Å². The lowest BCUT2D eigenvalue weighted by atomic mass is 10.3. The predicted molar refractivity (Wildman–Crippen MR) is 74.5 cm³/mol. The summed E-state index contributed by atoms with van der Waals surface area (Å²) in [6.45, 7) is 8.13. The Morgan fingerprint density at radius 1 is 1.50 bits per heavy atom. The highest BCUT2D eigenvalue weighted by Gasteiger charge is 2.13. The molecule has 1 aromatic heterocycles. The average molecular weight is 352 g/mol. The van der Waals surface area contributed by atoms with Crippen molar-refractivity contribution >= 4 is 37.0 Å². The van der Waals surface area contributed by atoms with Crippen LogP contribution in [0.25, 0.3) is 0 Å². The van der Waals surface area contributed by atoms with Crippen molar-refractivity contribution in [1.82, 2.24) is 10.2 Å². The molecule has 1 rings (SSSR count). The smallest absolute Gasteiger partial charge is 0.154 e. The molecular weight excluding hydrogens is 335 g/mol. The molecule has 0 atom stereocenters. The summed E-state index contributed by atoms with van der Waals surface area (Å²) in [5.41, 5.74) is 1.39. The Kier molecular flexibility index (Phi) is 5.13. The minimum Gasteiger partial charge on any atom is -0.375 e. The number of carbonyl (C=O) groups excluding carboxylic acids is 1. The number of nitrogens with one attached hydrogen (secondary N) is 1. The molecule has 0 aliphatic heterocycles. The Morgan fingerprint density at radius 3 is 2.75 bits per heavy atom. The van der Waals surface area contributed by atoms with Crippen molar-refractivity contribution in [2.75, 3.05) is 6.61 Å². The van der Waals surface area contributed by atoms with Crippen LogP contribution < -0.4 is 0 Å². The second-order valence-corrected chi connectivity index (χ2v) is 11.5. The summed E-state index contributed by atoms with van der Waals surface area (Å²) in [4.78, 5) is 10.8. The maximum absolute atomic E-state index is 10.8. The molecule has 16 heavy (non-hydrogen) atoms. The topological polar surface area (TPSA) is 55.0 Å². The molecule has 0 aromatic carbocycles. The van der Waals surface area contributed by atoms with E-state index in [-0.39, 0.29) is 0 Å². The van der Waals surface area contributed by atoms with Gasteiger partial charge in [-0.2, -0.15) is 5.10 Å². The molecule has 0 unspecified atom stereocenters. The number of nitrogens with zero attached hydrogens (tertiary/aromatic N) is 1. The molecule has 6 heteroatoms. The van der Waals surface area contributed by atoms with Crippen LogP contribution in [0.1, 0.15) is 16.1 Å². The van der Waals surface area contributed by atoms with Gasteiger partial charge in [0.05, 0.1) is 17.9 Å². The van der Waals surface area contributed by atoms with Crippen molar-refractivity contribution < 1.29 is 9.53 Å². The normalized spacial score (nSPS) is 11.8. The van der Waals surface area contributed by atoms with Crippen molar-refractivity contribution in [3.63, 3.8) is 0 Å². The van der Waals surface area contributed by atoms with E-state index in [2.05, 4.69) is 29.8 Å². The van der Waals surface area contributed by atoms with Gasteiger partial charge in [-0.1, -0.05) is 19.6 Å². The maximum atomic E-state index is 10.8. The molecule has 0 saturated carbocycles. The first kappa shape index (κ1) is 13.9. The number of ether oxygens (including phenoxy) is 1. The van der Waals surface area contributed by atoms with Crippen molar-refractivity contribution in [3.8, 4) is 0 Å². The number of rotatable bonds is 6. The first-order chi connectivity index (χ1) is 7.44. The van der Waals surface area contributed by atoms with Crippen LogP contribution in [-0.2, 0) is 11.3 Å². The number of halogens is 1. The predicted octanol–water partition coefficient (Wildman–Crippen LogP) is 2.68. The largest absolute Gasteiger partial charge is 0.375 e. The van der Waals surface area contributed by atoms with Gasteiger partial charge in [0.25, 0.3) is 0 Å². The van der Waals surface area contributed by atoms with E-state index in [1.807, 2.05) is 22.6 Å². The van der Waals surface area contributed by atoms with Crippen molar-refractivity contribution in [2.24, 2.45) is 0 Å². The molecule has 0 aliphatic rings. The minimum atomic E-state index is -1.03. The van der Waals surface area contributed by atoms with E-state index < -0.39 is 8.07 Å². The summed E-state index contributed by atoms with van der Waals surface area (Å²) in [7, 11) is -1.03. The SMILES string of the molecule is C[Si](C)(C)CCOCc1[nH]nc(I)c1C=O. The van der Waals surface area contributed by atoms with Gasteiger partial charge in [0.2, 0.25) is 0 Å². The number of H-pyrrole nitrogens is 1.